The third-order valence-electron chi connectivity index (χ3n) is 2.78. The van der Waals surface area contributed by atoms with Gasteiger partial charge in [-0.3, -0.25) is 0 Å². The van der Waals surface area contributed by atoms with Gasteiger partial charge < -0.3 is 15.2 Å². The molecule has 0 amide bonds. The number of rotatable bonds is 3. The van der Waals surface area contributed by atoms with Crippen LogP contribution < -0.4 is 5.73 Å². The summed E-state index contributed by atoms with van der Waals surface area (Å²) in [5.74, 6) is -0.909. The van der Waals surface area contributed by atoms with Gasteiger partial charge in [-0.15, -0.1) is 0 Å². The fourth-order valence-electron chi connectivity index (χ4n) is 1.84. The van der Waals surface area contributed by atoms with E-state index in [-0.39, 0.29) is 18.1 Å². The van der Waals surface area contributed by atoms with Gasteiger partial charge in [0.05, 0.1) is 25.9 Å². The normalized spacial score (nSPS) is 22.4. The Kier molecular flexibility index (Phi) is 4.04. The summed E-state index contributed by atoms with van der Waals surface area (Å²) in [6.07, 6.45) is -0.0242. The van der Waals surface area contributed by atoms with Crippen LogP contribution in [0.15, 0.2) is 18.2 Å². The Morgan fingerprint density at radius 1 is 1.35 bits per heavy atom. The molecule has 0 bridgehead atoms. The third-order valence-corrected chi connectivity index (χ3v) is 2.78. The predicted molar refractivity (Wildman–Crippen MR) is 58.6 cm³/mol. The summed E-state index contributed by atoms with van der Waals surface area (Å²) in [4.78, 5) is 0. The van der Waals surface area contributed by atoms with Crippen molar-refractivity contribution in [3.05, 3.63) is 35.4 Å². The topological polar surface area (TPSA) is 44.5 Å². The van der Waals surface area contributed by atoms with E-state index in [1.165, 1.54) is 6.07 Å². The molecule has 3 nitrogen and oxygen atoms in total. The molecule has 0 saturated carbocycles. The fraction of sp³-hybridized carbons (Fsp3) is 0.500. The van der Waals surface area contributed by atoms with Crippen LogP contribution in [0.4, 0.5) is 8.78 Å². The zero-order valence-electron chi connectivity index (χ0n) is 9.36. The molecule has 1 aromatic rings. The maximum atomic E-state index is 13.4. The second kappa shape index (κ2) is 5.53. The number of ether oxygens (including phenoxy) is 2. The van der Waals surface area contributed by atoms with Crippen molar-refractivity contribution in [1.29, 1.82) is 0 Å². The Labute approximate surface area is 98.5 Å². The van der Waals surface area contributed by atoms with Gasteiger partial charge in [-0.25, -0.2) is 8.78 Å². The van der Waals surface area contributed by atoms with Crippen molar-refractivity contribution in [2.75, 3.05) is 19.8 Å². The van der Waals surface area contributed by atoms with Crippen LogP contribution >= 0.6 is 0 Å². The van der Waals surface area contributed by atoms with E-state index < -0.39 is 17.7 Å². The molecule has 0 aromatic heterocycles. The summed E-state index contributed by atoms with van der Waals surface area (Å²) in [6.45, 7) is 1.44. The van der Waals surface area contributed by atoms with Crippen molar-refractivity contribution in [2.45, 2.75) is 18.6 Å². The largest absolute Gasteiger partial charge is 0.376 e. The maximum Gasteiger partial charge on any atom is 0.126 e. The number of benzene rings is 1. The van der Waals surface area contributed by atoms with Gasteiger partial charge in [0.15, 0.2) is 0 Å². The smallest absolute Gasteiger partial charge is 0.126 e. The highest BCUT2D eigenvalue weighted by Gasteiger charge is 2.23. The Bertz CT molecular complexity index is 381. The molecule has 2 N–H and O–H groups in total. The lowest BCUT2D eigenvalue weighted by atomic mass is 10.0. The molecule has 2 rings (SSSR count). The molecule has 2 atom stereocenters. The third kappa shape index (κ3) is 3.21. The number of hydrogen-bond acceptors (Lipinski definition) is 3. The molecule has 0 aliphatic carbocycles. The van der Waals surface area contributed by atoms with Crippen LogP contribution in [0.5, 0.6) is 0 Å². The Hall–Kier alpha value is -1.04. The molecule has 17 heavy (non-hydrogen) atoms. The first-order valence-electron chi connectivity index (χ1n) is 5.55. The molecule has 1 aromatic carbocycles. The number of hydrogen-bond donors (Lipinski definition) is 1. The molecule has 94 valence electrons. The molecule has 1 heterocycles. The second-order valence-electron chi connectivity index (χ2n) is 4.09. The van der Waals surface area contributed by atoms with Crippen molar-refractivity contribution in [3.8, 4) is 0 Å². The molecule has 1 fully saturated rings. The van der Waals surface area contributed by atoms with Crippen LogP contribution in [-0.4, -0.2) is 32.0 Å². The first-order valence-corrected chi connectivity index (χ1v) is 5.55. The van der Waals surface area contributed by atoms with Crippen LogP contribution in [0.25, 0.3) is 0 Å². The average molecular weight is 243 g/mol. The lowest BCUT2D eigenvalue weighted by molar-refractivity contribution is -0.0968. The van der Waals surface area contributed by atoms with Gasteiger partial charge in [0, 0.05) is 6.04 Å². The molecule has 1 aliphatic rings. The first-order chi connectivity index (χ1) is 8.16. The summed E-state index contributed by atoms with van der Waals surface area (Å²) < 4.78 is 37.0. The highest BCUT2D eigenvalue weighted by molar-refractivity contribution is 5.20. The van der Waals surface area contributed by atoms with E-state index in [9.17, 15) is 8.78 Å². The molecule has 1 saturated heterocycles. The van der Waals surface area contributed by atoms with E-state index in [4.69, 9.17) is 15.2 Å². The molecule has 1 aliphatic heterocycles. The SMILES string of the molecule is NC(Cc1cc(F)ccc1F)C1COCCO1. The predicted octanol–water partition coefficient (Wildman–Crippen LogP) is 1.25. The van der Waals surface area contributed by atoms with Crippen molar-refractivity contribution < 1.29 is 18.3 Å². The number of halogens is 2. The van der Waals surface area contributed by atoms with Crippen molar-refractivity contribution in [1.82, 2.24) is 0 Å². The van der Waals surface area contributed by atoms with Crippen LogP contribution in [0, 0.1) is 11.6 Å². The monoisotopic (exact) mass is 243 g/mol. The minimum atomic E-state index is -0.464. The fourth-order valence-corrected chi connectivity index (χ4v) is 1.84. The van der Waals surface area contributed by atoms with E-state index in [0.29, 0.717) is 19.8 Å². The standard InChI is InChI=1S/C12H15F2NO2/c13-9-1-2-10(14)8(5-9)6-11(15)12-7-16-3-4-17-12/h1-2,5,11-12H,3-4,6-7,15H2. The van der Waals surface area contributed by atoms with E-state index in [1.807, 2.05) is 0 Å². The minimum absolute atomic E-state index is 0.234. The first kappa shape index (κ1) is 12.4. The summed E-state index contributed by atoms with van der Waals surface area (Å²) in [7, 11) is 0. The van der Waals surface area contributed by atoms with Gasteiger partial charge in [-0.05, 0) is 30.2 Å². The summed E-state index contributed by atoms with van der Waals surface area (Å²) in [6, 6.07) is 2.96. The van der Waals surface area contributed by atoms with E-state index in [1.54, 1.807) is 0 Å². The van der Waals surface area contributed by atoms with Crippen molar-refractivity contribution in [3.63, 3.8) is 0 Å². The van der Waals surface area contributed by atoms with Crippen LogP contribution in [0.2, 0.25) is 0 Å². The molecular formula is C12H15F2NO2. The van der Waals surface area contributed by atoms with E-state index >= 15 is 0 Å². The molecule has 0 radical (unpaired) electrons. The molecule has 0 spiro atoms. The van der Waals surface area contributed by atoms with Gasteiger partial charge in [0.1, 0.15) is 11.6 Å². The maximum absolute atomic E-state index is 13.4. The van der Waals surface area contributed by atoms with Gasteiger partial charge >= 0.3 is 0 Å². The molecule has 5 heteroatoms. The molecule has 2 unspecified atom stereocenters. The second-order valence-corrected chi connectivity index (χ2v) is 4.09. The van der Waals surface area contributed by atoms with Crippen molar-refractivity contribution >= 4 is 0 Å². The quantitative estimate of drug-likeness (QED) is 0.869. The van der Waals surface area contributed by atoms with Crippen LogP contribution in [0.1, 0.15) is 5.56 Å². The molecular weight excluding hydrogens is 228 g/mol. The highest BCUT2D eigenvalue weighted by Crippen LogP contribution is 2.14. The van der Waals surface area contributed by atoms with Crippen LogP contribution in [-0.2, 0) is 15.9 Å². The minimum Gasteiger partial charge on any atom is -0.376 e. The van der Waals surface area contributed by atoms with E-state index in [2.05, 4.69) is 0 Å². The lowest BCUT2D eigenvalue weighted by Gasteiger charge is -2.28. The lowest BCUT2D eigenvalue weighted by Crippen LogP contribution is -2.45. The Morgan fingerprint density at radius 3 is 2.88 bits per heavy atom. The summed E-state index contributed by atoms with van der Waals surface area (Å²) in [5.41, 5.74) is 6.18. The van der Waals surface area contributed by atoms with E-state index in [0.717, 1.165) is 12.1 Å². The average Bonchev–Trinajstić information content (AvgIpc) is 2.35. The van der Waals surface area contributed by atoms with Gasteiger partial charge in [0.2, 0.25) is 0 Å². The van der Waals surface area contributed by atoms with Crippen molar-refractivity contribution in [2.24, 2.45) is 5.73 Å². The van der Waals surface area contributed by atoms with Gasteiger partial charge in [0.25, 0.3) is 0 Å². The summed E-state index contributed by atoms with van der Waals surface area (Å²) in [5, 5.41) is 0. The Balaban J connectivity index is 2.01. The Morgan fingerprint density at radius 2 is 2.18 bits per heavy atom. The zero-order chi connectivity index (χ0) is 12.3. The zero-order valence-corrected chi connectivity index (χ0v) is 9.36. The summed E-state index contributed by atoms with van der Waals surface area (Å²) >= 11 is 0. The van der Waals surface area contributed by atoms with Crippen LogP contribution in [0.3, 0.4) is 0 Å². The van der Waals surface area contributed by atoms with Gasteiger partial charge in [-0.1, -0.05) is 0 Å². The highest BCUT2D eigenvalue weighted by atomic mass is 19.1. The number of nitrogens with two attached hydrogens (primary N) is 1. The van der Waals surface area contributed by atoms with Gasteiger partial charge in [-0.2, -0.15) is 0 Å².